The van der Waals surface area contributed by atoms with Crippen molar-refractivity contribution in [3.8, 4) is 5.88 Å². The highest BCUT2D eigenvalue weighted by atomic mass is 16.3. The van der Waals surface area contributed by atoms with Crippen molar-refractivity contribution in [1.82, 2.24) is 29.5 Å². The van der Waals surface area contributed by atoms with E-state index in [4.69, 9.17) is 9.98 Å². The SMILES string of the molecule is CC1(C(=O)N2CCN(c3cc(=NC4CC4)n4nc/c(=C/c5[nH]c(=O)[nH]c5O)c4n3)CC2)CC1. The second kappa shape index (κ2) is 7.19. The average molecular weight is 451 g/mol. The molecular formula is C22H26N8O3. The van der Waals surface area contributed by atoms with Crippen LogP contribution in [0.15, 0.2) is 22.1 Å². The van der Waals surface area contributed by atoms with Crippen LogP contribution in [0, 0.1) is 5.41 Å². The standard InChI is InChI=1S/C22H26N8O3/c1-22(4-5-22)20(32)29-8-6-28(7-9-29)16-11-17(24-14-2-3-14)30-18(26-16)13(12-23-30)10-15-19(31)27-21(33)25-15/h10-12,14,31H,2-9H2,1H3,(H2,25,27,33)/b13-10-,24-17?. The highest BCUT2D eigenvalue weighted by Crippen LogP contribution is 2.46. The van der Waals surface area contributed by atoms with E-state index in [9.17, 15) is 14.7 Å². The van der Waals surface area contributed by atoms with E-state index >= 15 is 0 Å². The Balaban J connectivity index is 1.37. The fourth-order valence-electron chi connectivity index (χ4n) is 4.27. The van der Waals surface area contributed by atoms with Crippen molar-refractivity contribution in [2.24, 2.45) is 10.4 Å². The van der Waals surface area contributed by atoms with E-state index in [-0.39, 0.29) is 22.9 Å². The van der Waals surface area contributed by atoms with E-state index < -0.39 is 5.69 Å². The molecule has 11 heteroatoms. The van der Waals surface area contributed by atoms with Gasteiger partial charge in [-0.3, -0.25) is 14.8 Å². The number of nitrogens with one attached hydrogen (secondary N) is 2. The van der Waals surface area contributed by atoms with E-state index in [1.54, 1.807) is 16.8 Å². The van der Waals surface area contributed by atoms with Gasteiger partial charge in [0.25, 0.3) is 0 Å². The second-order valence-electron chi connectivity index (χ2n) is 9.49. The first-order chi connectivity index (χ1) is 15.9. The molecule has 2 saturated carbocycles. The molecule has 0 unspecified atom stereocenters. The summed E-state index contributed by atoms with van der Waals surface area (Å²) in [6.45, 7) is 4.80. The number of H-pyrrole nitrogens is 2. The summed E-state index contributed by atoms with van der Waals surface area (Å²) in [5.74, 6) is 0.820. The van der Waals surface area contributed by atoms with Crippen LogP contribution >= 0.6 is 0 Å². The third kappa shape index (κ3) is 3.66. The van der Waals surface area contributed by atoms with Crippen molar-refractivity contribution >= 4 is 23.4 Å². The first-order valence-corrected chi connectivity index (χ1v) is 11.4. The van der Waals surface area contributed by atoms with Gasteiger partial charge in [0.15, 0.2) is 11.1 Å². The van der Waals surface area contributed by atoms with Crippen LogP contribution < -0.4 is 21.3 Å². The molecule has 1 saturated heterocycles. The number of carbonyl (C=O) groups is 1. The molecule has 0 spiro atoms. The van der Waals surface area contributed by atoms with Gasteiger partial charge in [-0.05, 0) is 31.8 Å². The minimum atomic E-state index is -0.485. The van der Waals surface area contributed by atoms with Gasteiger partial charge >= 0.3 is 5.69 Å². The van der Waals surface area contributed by atoms with Gasteiger partial charge in [-0.2, -0.15) is 9.61 Å². The Morgan fingerprint density at radius 3 is 2.64 bits per heavy atom. The van der Waals surface area contributed by atoms with Gasteiger partial charge in [0.05, 0.1) is 12.2 Å². The number of nitrogens with zero attached hydrogens (tertiary/aromatic N) is 6. The fourth-order valence-corrected chi connectivity index (χ4v) is 4.27. The Bertz CT molecular complexity index is 1420. The van der Waals surface area contributed by atoms with Gasteiger partial charge in [0, 0.05) is 42.9 Å². The van der Waals surface area contributed by atoms with Gasteiger partial charge in [-0.25, -0.2) is 9.78 Å². The minimum absolute atomic E-state index is 0.150. The number of anilines is 1. The molecule has 1 aliphatic heterocycles. The third-order valence-corrected chi connectivity index (χ3v) is 6.77. The third-order valence-electron chi connectivity index (χ3n) is 6.77. The molecule has 2 aliphatic carbocycles. The highest BCUT2D eigenvalue weighted by molar-refractivity contribution is 5.85. The molecule has 3 aliphatic rings. The fraction of sp³-hybridized carbons (Fsp3) is 0.500. The number of hydrogen-bond donors (Lipinski definition) is 3. The molecule has 0 bridgehead atoms. The Morgan fingerprint density at radius 2 is 2.00 bits per heavy atom. The monoisotopic (exact) mass is 450 g/mol. The summed E-state index contributed by atoms with van der Waals surface area (Å²) in [6.07, 6.45) is 7.39. The van der Waals surface area contributed by atoms with E-state index in [0.29, 0.717) is 43.1 Å². The summed E-state index contributed by atoms with van der Waals surface area (Å²) in [4.78, 5) is 42.9. The molecule has 3 N–H and O–H groups in total. The van der Waals surface area contributed by atoms with Crippen LogP contribution in [0.25, 0.3) is 11.7 Å². The van der Waals surface area contributed by atoms with Crippen molar-refractivity contribution in [3.63, 3.8) is 0 Å². The van der Waals surface area contributed by atoms with E-state index in [0.717, 1.165) is 37.0 Å². The number of aromatic amines is 2. The van der Waals surface area contributed by atoms with E-state index in [1.165, 1.54) is 0 Å². The molecule has 3 aromatic rings. The molecule has 4 heterocycles. The normalized spacial score (nSPS) is 21.2. The molecular weight excluding hydrogens is 424 g/mol. The van der Waals surface area contributed by atoms with Crippen molar-refractivity contribution in [3.05, 3.63) is 39.1 Å². The van der Waals surface area contributed by atoms with Crippen molar-refractivity contribution in [2.45, 2.75) is 38.6 Å². The Kier molecular flexibility index (Phi) is 4.36. The predicted molar refractivity (Wildman–Crippen MR) is 120 cm³/mol. The largest absolute Gasteiger partial charge is 0.493 e. The smallest absolute Gasteiger partial charge is 0.326 e. The zero-order valence-electron chi connectivity index (χ0n) is 18.4. The second-order valence-corrected chi connectivity index (χ2v) is 9.49. The Labute approximate surface area is 188 Å². The summed E-state index contributed by atoms with van der Waals surface area (Å²) in [5.41, 5.74) is 0.956. The molecule has 3 aromatic heterocycles. The Morgan fingerprint density at radius 1 is 1.24 bits per heavy atom. The van der Waals surface area contributed by atoms with E-state index in [2.05, 4.69) is 26.9 Å². The molecule has 33 heavy (non-hydrogen) atoms. The maximum absolute atomic E-state index is 12.7. The average Bonchev–Trinajstić information content (AvgIpc) is 3.71. The lowest BCUT2D eigenvalue weighted by atomic mass is 10.1. The molecule has 6 rings (SSSR count). The lowest BCUT2D eigenvalue weighted by Gasteiger charge is -2.36. The highest BCUT2D eigenvalue weighted by Gasteiger charge is 2.47. The number of amides is 1. The summed E-state index contributed by atoms with van der Waals surface area (Å²) in [7, 11) is 0. The van der Waals surface area contributed by atoms with Gasteiger partial charge in [-0.1, -0.05) is 6.92 Å². The van der Waals surface area contributed by atoms with Crippen LogP contribution in [-0.2, 0) is 4.79 Å². The maximum Gasteiger partial charge on any atom is 0.326 e. The van der Waals surface area contributed by atoms with Gasteiger partial charge in [0.2, 0.25) is 11.8 Å². The van der Waals surface area contributed by atoms with Crippen LogP contribution in [-0.4, -0.2) is 72.7 Å². The summed E-state index contributed by atoms with van der Waals surface area (Å²) in [6, 6.07) is 2.26. The van der Waals surface area contributed by atoms with Crippen molar-refractivity contribution in [1.29, 1.82) is 0 Å². The van der Waals surface area contributed by atoms with Gasteiger partial charge in [-0.15, -0.1) is 0 Å². The van der Waals surface area contributed by atoms with Crippen LogP contribution in [0.3, 0.4) is 0 Å². The maximum atomic E-state index is 12.7. The first-order valence-electron chi connectivity index (χ1n) is 11.4. The Hall–Kier alpha value is -3.63. The number of piperazine rings is 1. The summed E-state index contributed by atoms with van der Waals surface area (Å²) in [5, 5.41) is 15.1. The lowest BCUT2D eigenvalue weighted by Crippen LogP contribution is -2.51. The van der Waals surface area contributed by atoms with Crippen molar-refractivity contribution < 1.29 is 9.90 Å². The number of fused-ring (bicyclic) bond motifs is 1. The lowest BCUT2D eigenvalue weighted by molar-refractivity contribution is -0.136. The molecule has 1 amide bonds. The first kappa shape index (κ1) is 20.0. The molecule has 0 atom stereocenters. The molecule has 0 radical (unpaired) electrons. The summed E-state index contributed by atoms with van der Waals surface area (Å²) >= 11 is 0. The van der Waals surface area contributed by atoms with Crippen LogP contribution in [0.4, 0.5) is 5.82 Å². The number of imidazole rings is 1. The predicted octanol–water partition coefficient (Wildman–Crippen LogP) is -0.489. The molecule has 11 nitrogen and oxygen atoms in total. The van der Waals surface area contributed by atoms with Gasteiger partial charge in [0.1, 0.15) is 11.5 Å². The number of hydrogen-bond acceptors (Lipinski definition) is 7. The van der Waals surface area contributed by atoms with Crippen LogP contribution in [0.2, 0.25) is 0 Å². The minimum Gasteiger partial charge on any atom is -0.493 e. The molecule has 0 aromatic carbocycles. The zero-order valence-corrected chi connectivity index (χ0v) is 18.4. The quantitative estimate of drug-likeness (QED) is 0.491. The number of rotatable bonds is 4. The number of aromatic nitrogens is 5. The number of carbonyl (C=O) groups excluding carboxylic acids is 1. The molecule has 3 fully saturated rings. The molecule has 172 valence electrons. The zero-order chi connectivity index (χ0) is 22.7. The topological polar surface area (TPSA) is 135 Å². The summed E-state index contributed by atoms with van der Waals surface area (Å²) < 4.78 is 1.70. The van der Waals surface area contributed by atoms with E-state index in [1.807, 2.05) is 11.0 Å². The van der Waals surface area contributed by atoms with Crippen LogP contribution in [0.1, 0.15) is 38.3 Å². The van der Waals surface area contributed by atoms with Crippen LogP contribution in [0.5, 0.6) is 5.88 Å². The van der Waals surface area contributed by atoms with Crippen molar-refractivity contribution in [2.75, 3.05) is 31.1 Å². The number of aromatic hydroxyl groups is 1. The van der Waals surface area contributed by atoms with Gasteiger partial charge < -0.3 is 19.9 Å².